The molecule has 0 aliphatic rings. The number of aldehydes is 1. The Bertz CT molecular complexity index is 908. The average Bonchev–Trinajstić information content (AvgIpc) is 2.85. The van der Waals surface area contributed by atoms with Crippen molar-refractivity contribution in [2.45, 2.75) is 13.5 Å². The molecule has 0 unspecified atom stereocenters. The zero-order valence-corrected chi connectivity index (χ0v) is 13.1. The lowest BCUT2D eigenvalue weighted by molar-refractivity contribution is 0.111. The van der Waals surface area contributed by atoms with Crippen LogP contribution in [0.5, 0.6) is 0 Å². The van der Waals surface area contributed by atoms with Gasteiger partial charge in [-0.3, -0.25) is 9.36 Å². The van der Waals surface area contributed by atoms with E-state index in [0.717, 1.165) is 22.3 Å². The van der Waals surface area contributed by atoms with Crippen molar-refractivity contribution in [3.8, 4) is 11.1 Å². The van der Waals surface area contributed by atoms with Gasteiger partial charge in [-0.05, 0) is 35.2 Å². The zero-order chi connectivity index (χ0) is 16.4. The molecule has 5 nitrogen and oxygen atoms in total. The van der Waals surface area contributed by atoms with E-state index in [9.17, 15) is 9.59 Å². The lowest BCUT2D eigenvalue weighted by atomic mass is 10.00. The zero-order valence-electron chi connectivity index (χ0n) is 13.1. The van der Waals surface area contributed by atoms with E-state index in [1.165, 1.54) is 9.25 Å². The summed E-state index contributed by atoms with van der Waals surface area (Å²) in [5.74, 6) is 0.141. The fourth-order valence-electron chi connectivity index (χ4n) is 2.58. The third-order valence-corrected chi connectivity index (χ3v) is 3.93. The molecule has 0 atom stereocenters. The molecular formula is C18H17N3O2. The monoisotopic (exact) mass is 307 g/mol. The molecule has 0 N–H and O–H groups in total. The lowest BCUT2D eigenvalue weighted by Crippen LogP contribution is -2.24. The predicted octanol–water partition coefficient (Wildman–Crippen LogP) is 2.42. The fourth-order valence-corrected chi connectivity index (χ4v) is 2.58. The molecule has 3 rings (SSSR count). The highest BCUT2D eigenvalue weighted by Crippen LogP contribution is 2.22. The maximum Gasteiger partial charge on any atom is 0.346 e. The first-order valence-electron chi connectivity index (χ1n) is 7.34. The second kappa shape index (κ2) is 6.04. The minimum Gasteiger partial charge on any atom is -0.294 e. The second-order valence-electron chi connectivity index (χ2n) is 5.48. The lowest BCUT2D eigenvalue weighted by Gasteiger charge is -2.10. The second-order valence-corrected chi connectivity index (χ2v) is 5.48. The summed E-state index contributed by atoms with van der Waals surface area (Å²) in [5, 5.41) is 3.93. The molecule has 5 heteroatoms. The van der Waals surface area contributed by atoms with Gasteiger partial charge in [-0.25, -0.2) is 9.48 Å². The van der Waals surface area contributed by atoms with Crippen molar-refractivity contribution >= 4 is 6.29 Å². The van der Waals surface area contributed by atoms with E-state index in [1.807, 2.05) is 43.3 Å². The first-order chi connectivity index (χ1) is 11.1. The predicted molar refractivity (Wildman–Crippen MR) is 88.6 cm³/mol. The highest BCUT2D eigenvalue weighted by molar-refractivity contribution is 5.69. The summed E-state index contributed by atoms with van der Waals surface area (Å²) in [6.45, 7) is 2.32. The molecule has 0 bridgehead atoms. The maximum absolute atomic E-state index is 12.1. The van der Waals surface area contributed by atoms with Gasteiger partial charge in [0.2, 0.25) is 0 Å². The van der Waals surface area contributed by atoms with E-state index in [1.54, 1.807) is 7.05 Å². The molecule has 1 heterocycles. The number of aryl methyl sites for hydroxylation is 2. The molecule has 116 valence electrons. The average molecular weight is 307 g/mol. The third-order valence-electron chi connectivity index (χ3n) is 3.93. The van der Waals surface area contributed by atoms with Gasteiger partial charge in [0.05, 0.1) is 6.54 Å². The van der Waals surface area contributed by atoms with Crippen LogP contribution < -0.4 is 5.69 Å². The van der Waals surface area contributed by atoms with Gasteiger partial charge < -0.3 is 0 Å². The Hall–Kier alpha value is -2.95. The molecule has 2 aromatic carbocycles. The smallest absolute Gasteiger partial charge is 0.294 e. The molecule has 0 saturated heterocycles. The number of hydrogen-bond donors (Lipinski definition) is 0. The number of carbonyl (C=O) groups excluding carboxylic acids is 1. The van der Waals surface area contributed by atoms with Crippen LogP contribution in [0.15, 0.2) is 53.3 Å². The highest BCUT2D eigenvalue weighted by atomic mass is 16.2. The van der Waals surface area contributed by atoms with E-state index < -0.39 is 0 Å². The van der Waals surface area contributed by atoms with Crippen LogP contribution >= 0.6 is 0 Å². The van der Waals surface area contributed by atoms with Crippen LogP contribution in [0.25, 0.3) is 11.1 Å². The van der Waals surface area contributed by atoms with E-state index >= 15 is 0 Å². The molecule has 0 aliphatic carbocycles. The molecule has 0 saturated carbocycles. The normalized spacial score (nSPS) is 10.7. The Labute approximate surface area is 133 Å². The Morgan fingerprint density at radius 3 is 2.52 bits per heavy atom. The molecule has 0 aliphatic heterocycles. The summed E-state index contributed by atoms with van der Waals surface area (Å²) >= 11 is 0. The quantitative estimate of drug-likeness (QED) is 0.696. The van der Waals surface area contributed by atoms with Gasteiger partial charge in [0, 0.05) is 7.05 Å². The molecule has 0 amide bonds. The van der Waals surface area contributed by atoms with Crippen LogP contribution in [0, 0.1) is 6.92 Å². The molecule has 1 aromatic heterocycles. The van der Waals surface area contributed by atoms with E-state index in [4.69, 9.17) is 0 Å². The summed E-state index contributed by atoms with van der Waals surface area (Å²) in [6, 6.07) is 16.2. The van der Waals surface area contributed by atoms with Crippen molar-refractivity contribution in [3.05, 3.63) is 76.0 Å². The first-order valence-corrected chi connectivity index (χ1v) is 7.34. The van der Waals surface area contributed by atoms with Crippen LogP contribution in [-0.4, -0.2) is 20.6 Å². The summed E-state index contributed by atoms with van der Waals surface area (Å²) in [4.78, 5) is 23.2. The van der Waals surface area contributed by atoms with E-state index in [0.29, 0.717) is 12.8 Å². The number of carbonyl (C=O) groups is 1. The van der Waals surface area contributed by atoms with Gasteiger partial charge in [-0.15, -0.1) is 5.10 Å². The molecular weight excluding hydrogens is 290 g/mol. The van der Waals surface area contributed by atoms with Crippen molar-refractivity contribution in [1.29, 1.82) is 0 Å². The summed E-state index contributed by atoms with van der Waals surface area (Å²) in [7, 11) is 1.54. The Morgan fingerprint density at radius 2 is 1.83 bits per heavy atom. The van der Waals surface area contributed by atoms with Gasteiger partial charge in [0.1, 0.15) is 0 Å². The molecule has 3 aromatic rings. The van der Waals surface area contributed by atoms with Crippen molar-refractivity contribution in [1.82, 2.24) is 14.3 Å². The highest BCUT2D eigenvalue weighted by Gasteiger charge is 2.12. The number of hydrogen-bond acceptors (Lipinski definition) is 3. The third kappa shape index (κ3) is 2.85. The van der Waals surface area contributed by atoms with Crippen LogP contribution in [0.3, 0.4) is 0 Å². The minimum atomic E-state index is -0.295. The Morgan fingerprint density at radius 1 is 1.09 bits per heavy atom. The largest absolute Gasteiger partial charge is 0.346 e. The SMILES string of the molecule is Cc1ccc(-c2ccccc2)cc1Cn1c(C=O)nn(C)c1=O. The van der Waals surface area contributed by atoms with Crippen LogP contribution in [0.1, 0.15) is 21.7 Å². The first kappa shape index (κ1) is 15.0. The van der Waals surface area contributed by atoms with Crippen molar-refractivity contribution in [2.75, 3.05) is 0 Å². The number of aromatic nitrogens is 3. The number of rotatable bonds is 4. The van der Waals surface area contributed by atoms with E-state index in [2.05, 4.69) is 17.2 Å². The van der Waals surface area contributed by atoms with Gasteiger partial charge in [0.25, 0.3) is 0 Å². The van der Waals surface area contributed by atoms with Gasteiger partial charge >= 0.3 is 5.69 Å². The number of nitrogens with zero attached hydrogens (tertiary/aromatic N) is 3. The van der Waals surface area contributed by atoms with Crippen LogP contribution in [0.2, 0.25) is 0 Å². The van der Waals surface area contributed by atoms with Gasteiger partial charge in [-0.2, -0.15) is 0 Å². The summed E-state index contributed by atoms with van der Waals surface area (Å²) in [5.41, 5.74) is 3.96. The summed E-state index contributed by atoms with van der Waals surface area (Å²) in [6.07, 6.45) is 0.609. The van der Waals surface area contributed by atoms with Crippen LogP contribution in [0.4, 0.5) is 0 Å². The Balaban J connectivity index is 2.04. The molecule has 0 spiro atoms. The topological polar surface area (TPSA) is 56.9 Å². The van der Waals surface area contributed by atoms with Crippen molar-refractivity contribution < 1.29 is 4.79 Å². The summed E-state index contributed by atoms with van der Waals surface area (Å²) < 4.78 is 2.57. The maximum atomic E-state index is 12.1. The van der Waals surface area contributed by atoms with Gasteiger partial charge in [0.15, 0.2) is 12.1 Å². The number of benzene rings is 2. The van der Waals surface area contributed by atoms with Gasteiger partial charge in [-0.1, -0.05) is 42.5 Å². The molecule has 0 radical (unpaired) electrons. The molecule has 23 heavy (non-hydrogen) atoms. The molecule has 0 fully saturated rings. The van der Waals surface area contributed by atoms with Crippen molar-refractivity contribution in [3.63, 3.8) is 0 Å². The van der Waals surface area contributed by atoms with Crippen molar-refractivity contribution in [2.24, 2.45) is 7.05 Å². The fraction of sp³-hybridized carbons (Fsp3) is 0.167. The Kier molecular flexibility index (Phi) is 3.93. The minimum absolute atomic E-state index is 0.141. The van der Waals surface area contributed by atoms with Crippen LogP contribution in [-0.2, 0) is 13.6 Å². The standard InChI is InChI=1S/C18H17N3O2/c1-13-8-9-15(14-6-4-3-5-7-14)10-16(13)11-21-17(12-22)19-20(2)18(21)23/h3-10,12H,11H2,1-2H3. The van der Waals surface area contributed by atoms with E-state index in [-0.39, 0.29) is 11.5 Å².